The Labute approximate surface area is 110 Å². The predicted octanol–water partition coefficient (Wildman–Crippen LogP) is -0.0989. The SMILES string of the molecule is CN(C)CC(C)(O)CNC(=O)CCN1CCCC1. The largest absolute Gasteiger partial charge is 0.387 e. The molecule has 1 aliphatic rings. The van der Waals surface area contributed by atoms with E-state index in [0.717, 1.165) is 19.6 Å². The molecule has 5 nitrogen and oxygen atoms in total. The van der Waals surface area contributed by atoms with Crippen molar-refractivity contribution in [2.45, 2.75) is 31.8 Å². The number of rotatable bonds is 7. The van der Waals surface area contributed by atoms with E-state index in [9.17, 15) is 9.90 Å². The summed E-state index contributed by atoms with van der Waals surface area (Å²) in [4.78, 5) is 15.9. The number of likely N-dealkylation sites (tertiary alicyclic amines) is 1. The van der Waals surface area contributed by atoms with Crippen molar-refractivity contribution >= 4 is 5.91 Å². The van der Waals surface area contributed by atoms with Crippen LogP contribution in [0.1, 0.15) is 26.2 Å². The fourth-order valence-corrected chi connectivity index (χ4v) is 2.38. The molecule has 0 bridgehead atoms. The second-order valence-electron chi connectivity index (χ2n) is 5.81. The number of carbonyl (C=O) groups excluding carboxylic acids is 1. The highest BCUT2D eigenvalue weighted by Crippen LogP contribution is 2.07. The van der Waals surface area contributed by atoms with Crippen molar-refractivity contribution in [3.05, 3.63) is 0 Å². The highest BCUT2D eigenvalue weighted by Gasteiger charge is 2.22. The van der Waals surface area contributed by atoms with Gasteiger partial charge in [0, 0.05) is 26.1 Å². The van der Waals surface area contributed by atoms with E-state index >= 15 is 0 Å². The Morgan fingerprint density at radius 2 is 2.00 bits per heavy atom. The van der Waals surface area contributed by atoms with Gasteiger partial charge in [-0.1, -0.05) is 0 Å². The Kier molecular flexibility index (Phi) is 6.05. The van der Waals surface area contributed by atoms with Gasteiger partial charge in [0.1, 0.15) is 0 Å². The minimum absolute atomic E-state index is 0.0286. The van der Waals surface area contributed by atoms with Crippen molar-refractivity contribution in [3.8, 4) is 0 Å². The van der Waals surface area contributed by atoms with E-state index in [1.54, 1.807) is 6.92 Å². The van der Waals surface area contributed by atoms with Crippen LogP contribution in [-0.4, -0.2) is 73.2 Å². The maximum absolute atomic E-state index is 11.7. The van der Waals surface area contributed by atoms with Crippen LogP contribution in [0, 0.1) is 0 Å². The first-order chi connectivity index (χ1) is 8.39. The Morgan fingerprint density at radius 1 is 1.39 bits per heavy atom. The molecule has 1 amide bonds. The molecule has 1 aliphatic heterocycles. The Morgan fingerprint density at radius 3 is 2.56 bits per heavy atom. The molecule has 2 N–H and O–H groups in total. The summed E-state index contributed by atoms with van der Waals surface area (Å²) in [7, 11) is 3.81. The van der Waals surface area contributed by atoms with Gasteiger partial charge in [-0.3, -0.25) is 4.79 Å². The zero-order valence-corrected chi connectivity index (χ0v) is 11.9. The van der Waals surface area contributed by atoms with E-state index in [4.69, 9.17) is 0 Å². The standard InChI is InChI=1S/C13H27N3O2/c1-13(18,11-15(2)3)10-14-12(17)6-9-16-7-4-5-8-16/h18H,4-11H2,1-3H3,(H,14,17). The summed E-state index contributed by atoms with van der Waals surface area (Å²) in [6.45, 7) is 5.66. The summed E-state index contributed by atoms with van der Waals surface area (Å²) in [5, 5.41) is 12.9. The van der Waals surface area contributed by atoms with Crippen LogP contribution in [0.25, 0.3) is 0 Å². The lowest BCUT2D eigenvalue weighted by atomic mass is 10.1. The molecule has 106 valence electrons. The third-order valence-corrected chi connectivity index (χ3v) is 3.18. The molecule has 1 rings (SSSR count). The molecule has 18 heavy (non-hydrogen) atoms. The predicted molar refractivity (Wildman–Crippen MR) is 72.5 cm³/mol. The van der Waals surface area contributed by atoms with Crippen molar-refractivity contribution in [1.29, 1.82) is 0 Å². The van der Waals surface area contributed by atoms with Gasteiger partial charge in [0.15, 0.2) is 0 Å². The van der Waals surface area contributed by atoms with E-state index in [1.807, 2.05) is 19.0 Å². The summed E-state index contributed by atoms with van der Waals surface area (Å²) in [5.74, 6) is 0.0286. The number of carbonyl (C=O) groups is 1. The molecule has 5 heteroatoms. The smallest absolute Gasteiger partial charge is 0.221 e. The fraction of sp³-hybridized carbons (Fsp3) is 0.923. The molecule has 0 spiro atoms. The number of amides is 1. The van der Waals surface area contributed by atoms with Gasteiger partial charge in [-0.15, -0.1) is 0 Å². The van der Waals surface area contributed by atoms with Crippen LogP contribution < -0.4 is 5.32 Å². The van der Waals surface area contributed by atoms with Crippen LogP contribution in [0.4, 0.5) is 0 Å². The number of aliphatic hydroxyl groups is 1. The molecule has 1 unspecified atom stereocenters. The van der Waals surface area contributed by atoms with E-state index in [1.165, 1.54) is 12.8 Å². The zero-order valence-electron chi connectivity index (χ0n) is 11.9. The Balaban J connectivity index is 2.15. The van der Waals surface area contributed by atoms with Crippen molar-refractivity contribution in [3.63, 3.8) is 0 Å². The molecule has 1 fully saturated rings. The first kappa shape index (κ1) is 15.4. The van der Waals surface area contributed by atoms with Gasteiger partial charge in [0.05, 0.1) is 5.60 Å². The molecule has 0 aliphatic carbocycles. The summed E-state index contributed by atoms with van der Waals surface area (Å²) in [5.41, 5.74) is -0.868. The molecule has 1 heterocycles. The van der Waals surface area contributed by atoms with E-state index in [0.29, 0.717) is 19.5 Å². The quantitative estimate of drug-likeness (QED) is 0.669. The molecule has 0 aromatic heterocycles. The molecular formula is C13H27N3O2. The molecule has 0 aromatic rings. The van der Waals surface area contributed by atoms with Crippen LogP contribution in [0.3, 0.4) is 0 Å². The second-order valence-corrected chi connectivity index (χ2v) is 5.81. The van der Waals surface area contributed by atoms with Gasteiger partial charge >= 0.3 is 0 Å². The highest BCUT2D eigenvalue weighted by atomic mass is 16.3. The van der Waals surface area contributed by atoms with Crippen LogP contribution in [0.15, 0.2) is 0 Å². The fourth-order valence-electron chi connectivity index (χ4n) is 2.38. The van der Waals surface area contributed by atoms with Crippen molar-refractivity contribution in [2.75, 3.05) is 46.8 Å². The molecular weight excluding hydrogens is 230 g/mol. The summed E-state index contributed by atoms with van der Waals surface area (Å²) < 4.78 is 0. The monoisotopic (exact) mass is 257 g/mol. The summed E-state index contributed by atoms with van der Waals surface area (Å²) in [6.07, 6.45) is 3.02. The number of nitrogens with zero attached hydrogens (tertiary/aromatic N) is 2. The maximum Gasteiger partial charge on any atom is 0.221 e. The lowest BCUT2D eigenvalue weighted by Crippen LogP contribution is -2.47. The van der Waals surface area contributed by atoms with Gasteiger partial charge in [-0.2, -0.15) is 0 Å². The van der Waals surface area contributed by atoms with Crippen LogP contribution in [0.5, 0.6) is 0 Å². The highest BCUT2D eigenvalue weighted by molar-refractivity contribution is 5.76. The van der Waals surface area contributed by atoms with Crippen molar-refractivity contribution < 1.29 is 9.90 Å². The minimum atomic E-state index is -0.868. The lowest BCUT2D eigenvalue weighted by Gasteiger charge is -2.27. The number of hydrogen-bond acceptors (Lipinski definition) is 4. The average molecular weight is 257 g/mol. The lowest BCUT2D eigenvalue weighted by molar-refractivity contribution is -0.122. The molecule has 0 saturated carbocycles. The van der Waals surface area contributed by atoms with E-state index in [-0.39, 0.29) is 5.91 Å². The number of likely N-dealkylation sites (N-methyl/N-ethyl adjacent to an activating group) is 1. The average Bonchev–Trinajstić information content (AvgIpc) is 2.74. The Bertz CT molecular complexity index is 261. The third kappa shape index (κ3) is 6.33. The number of nitrogens with one attached hydrogen (secondary N) is 1. The number of hydrogen-bond donors (Lipinski definition) is 2. The van der Waals surface area contributed by atoms with Gasteiger partial charge in [-0.25, -0.2) is 0 Å². The third-order valence-electron chi connectivity index (χ3n) is 3.18. The van der Waals surface area contributed by atoms with Gasteiger partial charge in [0.25, 0.3) is 0 Å². The van der Waals surface area contributed by atoms with Crippen LogP contribution in [-0.2, 0) is 4.79 Å². The van der Waals surface area contributed by atoms with Crippen LogP contribution >= 0.6 is 0 Å². The van der Waals surface area contributed by atoms with Gasteiger partial charge in [0.2, 0.25) is 5.91 Å². The second kappa shape index (κ2) is 7.07. The first-order valence-electron chi connectivity index (χ1n) is 6.75. The minimum Gasteiger partial charge on any atom is -0.387 e. The van der Waals surface area contributed by atoms with Crippen LogP contribution in [0.2, 0.25) is 0 Å². The van der Waals surface area contributed by atoms with E-state index < -0.39 is 5.60 Å². The van der Waals surface area contributed by atoms with Gasteiger partial charge in [-0.05, 0) is 47.0 Å². The maximum atomic E-state index is 11.7. The van der Waals surface area contributed by atoms with E-state index in [2.05, 4.69) is 10.2 Å². The molecule has 1 atom stereocenters. The summed E-state index contributed by atoms with van der Waals surface area (Å²) in [6, 6.07) is 0. The Hall–Kier alpha value is -0.650. The normalized spacial score (nSPS) is 20.1. The first-order valence-corrected chi connectivity index (χ1v) is 6.75. The molecule has 0 radical (unpaired) electrons. The molecule has 0 aromatic carbocycles. The molecule has 1 saturated heterocycles. The topological polar surface area (TPSA) is 55.8 Å². The zero-order chi connectivity index (χ0) is 13.6. The van der Waals surface area contributed by atoms with Crippen molar-refractivity contribution in [1.82, 2.24) is 15.1 Å². The summed E-state index contributed by atoms with van der Waals surface area (Å²) >= 11 is 0. The van der Waals surface area contributed by atoms with Gasteiger partial charge < -0.3 is 20.2 Å². The van der Waals surface area contributed by atoms with Crippen molar-refractivity contribution in [2.24, 2.45) is 0 Å².